The maximum atomic E-state index is 13.2. The Hall–Kier alpha value is -1.32. The van der Waals surface area contributed by atoms with Gasteiger partial charge in [0.1, 0.15) is 5.82 Å². The Morgan fingerprint density at radius 2 is 1.95 bits per heavy atom. The molecule has 3 heteroatoms. The van der Waals surface area contributed by atoms with E-state index in [0.717, 1.165) is 10.5 Å². The Morgan fingerprint density at radius 1 is 1.14 bits per heavy atom. The maximum absolute atomic E-state index is 13.2. The molecule has 1 unspecified atom stereocenters. The average molecular weight is 302 g/mol. The average Bonchev–Trinajstić information content (AvgIpc) is 2.44. The van der Waals surface area contributed by atoms with Gasteiger partial charge in [0.15, 0.2) is 0 Å². The van der Waals surface area contributed by atoms with Crippen LogP contribution in [0.25, 0.3) is 0 Å². The highest BCUT2D eigenvalue weighted by Crippen LogP contribution is 2.40. The van der Waals surface area contributed by atoms with Crippen LogP contribution in [0.15, 0.2) is 53.4 Å². The maximum Gasteiger partial charge on any atom is 0.124 e. The lowest BCUT2D eigenvalue weighted by Gasteiger charge is -2.29. The Kier molecular flexibility index (Phi) is 4.61. The smallest absolute Gasteiger partial charge is 0.124 e. The highest BCUT2D eigenvalue weighted by atomic mass is 32.2. The van der Waals surface area contributed by atoms with Gasteiger partial charge in [0.2, 0.25) is 0 Å². The number of halogens is 1. The Labute approximate surface area is 129 Å². The standard InChI is InChI=1S/C18H19FOS/c19-14-7-4-8-15(11-14)21-12-18(20)17-10-2-1-9-16(17)13-5-3-6-13/h1-2,4,7-11,13,18,20H,3,5-6,12H2. The molecule has 3 rings (SSSR count). The third-order valence-corrected chi connectivity index (χ3v) is 5.17. The highest BCUT2D eigenvalue weighted by Gasteiger charge is 2.24. The molecule has 110 valence electrons. The first-order valence-corrected chi connectivity index (χ1v) is 8.38. The number of aliphatic hydroxyl groups is 1. The number of hydrogen-bond donors (Lipinski definition) is 1. The summed E-state index contributed by atoms with van der Waals surface area (Å²) in [5.74, 6) is 0.923. The molecule has 1 atom stereocenters. The van der Waals surface area contributed by atoms with E-state index in [1.165, 1.54) is 48.7 Å². The quantitative estimate of drug-likeness (QED) is 0.791. The summed E-state index contributed by atoms with van der Waals surface area (Å²) in [4.78, 5) is 0.857. The minimum absolute atomic E-state index is 0.232. The van der Waals surface area contributed by atoms with Gasteiger partial charge in [0, 0.05) is 10.6 Å². The fraction of sp³-hybridized carbons (Fsp3) is 0.333. The van der Waals surface area contributed by atoms with Gasteiger partial charge in [-0.15, -0.1) is 11.8 Å². The van der Waals surface area contributed by atoms with E-state index in [2.05, 4.69) is 6.07 Å². The summed E-state index contributed by atoms with van der Waals surface area (Å²) in [7, 11) is 0. The normalized spacial score (nSPS) is 16.5. The number of thioether (sulfide) groups is 1. The van der Waals surface area contributed by atoms with Crippen molar-refractivity contribution in [3.8, 4) is 0 Å². The third kappa shape index (κ3) is 3.47. The topological polar surface area (TPSA) is 20.2 Å². The Morgan fingerprint density at radius 3 is 2.67 bits per heavy atom. The second kappa shape index (κ2) is 6.63. The van der Waals surface area contributed by atoms with E-state index in [1.54, 1.807) is 6.07 Å². The molecular weight excluding hydrogens is 283 g/mol. The van der Waals surface area contributed by atoms with Crippen molar-refractivity contribution in [3.05, 3.63) is 65.5 Å². The molecule has 1 saturated carbocycles. The predicted molar refractivity (Wildman–Crippen MR) is 85.1 cm³/mol. The van der Waals surface area contributed by atoms with Crippen molar-refractivity contribution >= 4 is 11.8 Å². The van der Waals surface area contributed by atoms with E-state index in [1.807, 2.05) is 24.3 Å². The molecule has 0 radical (unpaired) electrons. The second-order valence-corrected chi connectivity index (χ2v) is 6.63. The molecule has 0 saturated heterocycles. The van der Waals surface area contributed by atoms with Crippen LogP contribution in [-0.4, -0.2) is 10.9 Å². The number of rotatable bonds is 5. The summed E-state index contributed by atoms with van der Waals surface area (Å²) in [6.07, 6.45) is 3.23. The fourth-order valence-corrected chi connectivity index (χ4v) is 3.63. The zero-order valence-corrected chi connectivity index (χ0v) is 12.7. The summed E-state index contributed by atoms with van der Waals surface area (Å²) in [6.45, 7) is 0. The predicted octanol–water partition coefficient (Wildman–Crippen LogP) is 4.92. The molecule has 2 aromatic rings. The molecular formula is C18H19FOS. The molecule has 0 bridgehead atoms. The van der Waals surface area contributed by atoms with Gasteiger partial charge in [-0.2, -0.15) is 0 Å². The molecule has 0 aliphatic heterocycles. The number of hydrogen-bond acceptors (Lipinski definition) is 2. The molecule has 1 aliphatic carbocycles. The van der Waals surface area contributed by atoms with Crippen molar-refractivity contribution in [2.75, 3.05) is 5.75 Å². The number of benzene rings is 2. The Balaban J connectivity index is 1.69. The van der Waals surface area contributed by atoms with E-state index in [9.17, 15) is 9.50 Å². The molecule has 0 aromatic heterocycles. The van der Waals surface area contributed by atoms with E-state index >= 15 is 0 Å². The van der Waals surface area contributed by atoms with Gasteiger partial charge < -0.3 is 5.11 Å². The van der Waals surface area contributed by atoms with Gasteiger partial charge in [0.05, 0.1) is 6.10 Å². The first kappa shape index (κ1) is 14.6. The second-order valence-electron chi connectivity index (χ2n) is 5.54. The molecule has 0 amide bonds. The van der Waals surface area contributed by atoms with Crippen LogP contribution in [0.5, 0.6) is 0 Å². The third-order valence-electron chi connectivity index (χ3n) is 4.10. The summed E-state index contributed by atoms with van der Waals surface area (Å²) < 4.78 is 13.2. The van der Waals surface area contributed by atoms with Crippen LogP contribution in [0.3, 0.4) is 0 Å². The van der Waals surface area contributed by atoms with Crippen molar-refractivity contribution in [3.63, 3.8) is 0 Å². The van der Waals surface area contributed by atoms with Gasteiger partial charge in [0.25, 0.3) is 0 Å². The van der Waals surface area contributed by atoms with Crippen LogP contribution < -0.4 is 0 Å². The molecule has 0 spiro atoms. The van der Waals surface area contributed by atoms with Gasteiger partial charge in [-0.3, -0.25) is 0 Å². The Bertz CT molecular complexity index is 610. The zero-order chi connectivity index (χ0) is 14.7. The van der Waals surface area contributed by atoms with Crippen molar-refractivity contribution < 1.29 is 9.50 Å². The largest absolute Gasteiger partial charge is 0.388 e. The molecule has 1 nitrogen and oxygen atoms in total. The van der Waals surface area contributed by atoms with Crippen LogP contribution in [0.4, 0.5) is 4.39 Å². The van der Waals surface area contributed by atoms with Crippen LogP contribution in [0.1, 0.15) is 42.4 Å². The van der Waals surface area contributed by atoms with Crippen molar-refractivity contribution in [1.29, 1.82) is 0 Å². The molecule has 1 aliphatic rings. The first-order chi connectivity index (χ1) is 10.2. The minimum atomic E-state index is -0.505. The molecule has 2 aromatic carbocycles. The van der Waals surface area contributed by atoms with Gasteiger partial charge in [-0.25, -0.2) is 4.39 Å². The van der Waals surface area contributed by atoms with Crippen molar-refractivity contribution in [1.82, 2.24) is 0 Å². The zero-order valence-electron chi connectivity index (χ0n) is 11.8. The van der Waals surface area contributed by atoms with Crippen LogP contribution in [0, 0.1) is 5.82 Å². The summed E-state index contributed by atoms with van der Waals surface area (Å²) in [5.41, 5.74) is 2.32. The van der Waals surface area contributed by atoms with E-state index in [0.29, 0.717) is 11.7 Å². The molecule has 1 N–H and O–H groups in total. The van der Waals surface area contributed by atoms with E-state index in [4.69, 9.17) is 0 Å². The van der Waals surface area contributed by atoms with Gasteiger partial charge in [-0.1, -0.05) is 36.8 Å². The lowest BCUT2D eigenvalue weighted by molar-refractivity contribution is 0.201. The SMILES string of the molecule is OC(CSc1cccc(F)c1)c1ccccc1C1CCC1. The summed E-state index contributed by atoms with van der Waals surface area (Å²) in [6, 6.07) is 14.7. The van der Waals surface area contributed by atoms with Crippen LogP contribution in [-0.2, 0) is 0 Å². The fourth-order valence-electron chi connectivity index (χ4n) is 2.73. The molecule has 0 heterocycles. The van der Waals surface area contributed by atoms with E-state index < -0.39 is 6.10 Å². The lowest BCUT2D eigenvalue weighted by atomic mass is 9.77. The lowest BCUT2D eigenvalue weighted by Crippen LogP contribution is -2.13. The summed E-state index contributed by atoms with van der Waals surface area (Å²) >= 11 is 1.49. The first-order valence-electron chi connectivity index (χ1n) is 7.39. The summed E-state index contributed by atoms with van der Waals surface area (Å²) in [5, 5.41) is 10.5. The molecule has 21 heavy (non-hydrogen) atoms. The van der Waals surface area contributed by atoms with Crippen molar-refractivity contribution in [2.45, 2.75) is 36.2 Å². The van der Waals surface area contributed by atoms with Crippen LogP contribution >= 0.6 is 11.8 Å². The van der Waals surface area contributed by atoms with Crippen LogP contribution in [0.2, 0.25) is 0 Å². The van der Waals surface area contributed by atoms with Crippen molar-refractivity contribution in [2.24, 2.45) is 0 Å². The van der Waals surface area contributed by atoms with E-state index in [-0.39, 0.29) is 5.82 Å². The minimum Gasteiger partial charge on any atom is -0.388 e. The molecule has 1 fully saturated rings. The van der Waals surface area contributed by atoms with Gasteiger partial charge >= 0.3 is 0 Å². The highest BCUT2D eigenvalue weighted by molar-refractivity contribution is 7.99. The number of aliphatic hydroxyl groups excluding tert-OH is 1. The van der Waals surface area contributed by atoms with Gasteiger partial charge in [-0.05, 0) is 48.1 Å². The monoisotopic (exact) mass is 302 g/mol.